The van der Waals surface area contributed by atoms with E-state index in [4.69, 9.17) is 21.1 Å². The molecule has 2 aliphatic rings. The van der Waals surface area contributed by atoms with E-state index >= 15 is 0 Å². The molecule has 0 aliphatic carbocycles. The fourth-order valence-electron chi connectivity index (χ4n) is 3.54. The van der Waals surface area contributed by atoms with Crippen LogP contribution in [0.4, 0.5) is 0 Å². The lowest BCUT2D eigenvalue weighted by Crippen LogP contribution is -2.33. The summed E-state index contributed by atoms with van der Waals surface area (Å²) in [7, 11) is 1.92. The Morgan fingerprint density at radius 2 is 1.92 bits per heavy atom. The van der Waals surface area contributed by atoms with Gasteiger partial charge in [0.05, 0.1) is 0 Å². The number of halogens is 1. The third kappa shape index (κ3) is 3.19. The summed E-state index contributed by atoms with van der Waals surface area (Å²) >= 11 is 6.38. The van der Waals surface area contributed by atoms with Gasteiger partial charge in [0.2, 0.25) is 6.79 Å². The van der Waals surface area contributed by atoms with Crippen molar-refractivity contribution in [3.8, 4) is 11.5 Å². The van der Waals surface area contributed by atoms with Crippen LogP contribution in [0, 0.1) is 0 Å². The normalized spacial score (nSPS) is 18.0. The molecule has 0 radical (unpaired) electrons. The van der Waals surface area contributed by atoms with Crippen molar-refractivity contribution >= 4 is 11.6 Å². The fourth-order valence-corrected chi connectivity index (χ4v) is 3.75. The number of fused-ring (bicyclic) bond motifs is 1. The molecule has 0 atom stereocenters. The summed E-state index contributed by atoms with van der Waals surface area (Å²) in [5, 5.41) is 18.3. The van der Waals surface area contributed by atoms with Gasteiger partial charge in [0, 0.05) is 30.6 Å². The Hall–Kier alpha value is -1.83. The Morgan fingerprint density at radius 3 is 2.60 bits per heavy atom. The van der Waals surface area contributed by atoms with Crippen molar-refractivity contribution in [3.63, 3.8) is 0 Å². The van der Waals surface area contributed by atoms with E-state index in [0.29, 0.717) is 16.8 Å². The van der Waals surface area contributed by atoms with Gasteiger partial charge in [-0.1, -0.05) is 11.6 Å². The number of aromatic nitrogens is 3. The van der Waals surface area contributed by atoms with Crippen LogP contribution in [0.25, 0.3) is 0 Å². The first-order valence-electron chi connectivity index (χ1n) is 8.45. The van der Waals surface area contributed by atoms with E-state index in [0.717, 1.165) is 55.4 Å². The third-order valence-electron chi connectivity index (χ3n) is 5.03. The monoisotopic (exact) mass is 364 g/mol. The summed E-state index contributed by atoms with van der Waals surface area (Å²) in [6.07, 6.45) is 2.03. The minimum Gasteiger partial charge on any atom is -0.454 e. The maximum absolute atomic E-state index is 9.27. The maximum atomic E-state index is 9.27. The molecule has 1 N–H and O–H groups in total. The van der Waals surface area contributed by atoms with Gasteiger partial charge in [-0.05, 0) is 37.6 Å². The average molecular weight is 365 g/mol. The van der Waals surface area contributed by atoms with Crippen LogP contribution >= 0.6 is 11.6 Å². The highest BCUT2D eigenvalue weighted by molar-refractivity contribution is 6.31. The molecule has 0 unspecified atom stereocenters. The highest BCUT2D eigenvalue weighted by Gasteiger charge is 2.26. The predicted molar refractivity (Wildman–Crippen MR) is 91.8 cm³/mol. The van der Waals surface area contributed by atoms with Crippen LogP contribution in [0.2, 0.25) is 5.02 Å². The van der Waals surface area contributed by atoms with Crippen LogP contribution in [-0.4, -0.2) is 44.7 Å². The van der Waals surface area contributed by atoms with E-state index in [2.05, 4.69) is 15.1 Å². The average Bonchev–Trinajstić information content (AvgIpc) is 3.22. The Morgan fingerprint density at radius 1 is 1.20 bits per heavy atom. The van der Waals surface area contributed by atoms with E-state index in [1.54, 1.807) is 0 Å². The quantitative estimate of drug-likeness (QED) is 0.895. The number of likely N-dealkylation sites (tertiary alicyclic amines) is 1. The van der Waals surface area contributed by atoms with Crippen molar-refractivity contribution in [2.75, 3.05) is 19.9 Å². The minimum atomic E-state index is -0.0784. The summed E-state index contributed by atoms with van der Waals surface area (Å²) in [5.41, 5.74) is 1.06. The van der Waals surface area contributed by atoms with E-state index < -0.39 is 0 Å². The van der Waals surface area contributed by atoms with Gasteiger partial charge in [0.1, 0.15) is 12.4 Å². The van der Waals surface area contributed by atoms with Gasteiger partial charge in [-0.15, -0.1) is 10.2 Å². The molecule has 0 saturated carbocycles. The lowest BCUT2D eigenvalue weighted by molar-refractivity contribution is 0.173. The van der Waals surface area contributed by atoms with Gasteiger partial charge in [-0.3, -0.25) is 4.90 Å². The fraction of sp³-hybridized carbons (Fsp3) is 0.529. The highest BCUT2D eigenvalue weighted by atomic mass is 35.5. The molecule has 3 heterocycles. The Kier molecular flexibility index (Phi) is 4.54. The molecular formula is C17H21ClN4O3. The Labute approximate surface area is 151 Å². The first-order valence-corrected chi connectivity index (χ1v) is 8.83. The second-order valence-electron chi connectivity index (χ2n) is 6.54. The molecular weight excluding hydrogens is 344 g/mol. The van der Waals surface area contributed by atoms with Gasteiger partial charge < -0.3 is 19.1 Å². The van der Waals surface area contributed by atoms with Crippen LogP contribution in [0.15, 0.2) is 12.1 Å². The van der Waals surface area contributed by atoms with Crippen LogP contribution in [-0.2, 0) is 20.2 Å². The number of piperidine rings is 1. The summed E-state index contributed by atoms with van der Waals surface area (Å²) in [5.74, 6) is 3.44. The van der Waals surface area contributed by atoms with Gasteiger partial charge in [0.25, 0.3) is 0 Å². The first-order chi connectivity index (χ1) is 12.2. The summed E-state index contributed by atoms with van der Waals surface area (Å²) in [6, 6.07) is 3.81. The van der Waals surface area contributed by atoms with Crippen molar-refractivity contribution in [2.24, 2.45) is 7.05 Å². The number of rotatable bonds is 4. The zero-order valence-corrected chi connectivity index (χ0v) is 14.9. The third-order valence-corrected chi connectivity index (χ3v) is 5.38. The van der Waals surface area contributed by atoms with Crippen molar-refractivity contribution in [1.29, 1.82) is 0 Å². The Balaban J connectivity index is 1.40. The molecule has 2 aliphatic heterocycles. The minimum absolute atomic E-state index is 0.0784. The summed E-state index contributed by atoms with van der Waals surface area (Å²) in [6.45, 7) is 2.91. The number of hydrogen-bond donors (Lipinski definition) is 1. The standard InChI is InChI=1S/C17H21ClN4O3/c1-21-16(9-23)19-20-17(21)11-2-4-22(5-3-11)8-12-6-14-15(7-13(12)18)25-10-24-14/h6-7,11,23H,2-5,8-10H2,1H3. The van der Waals surface area contributed by atoms with Crippen molar-refractivity contribution in [1.82, 2.24) is 19.7 Å². The summed E-state index contributed by atoms with van der Waals surface area (Å²) in [4.78, 5) is 2.39. The zero-order valence-electron chi connectivity index (χ0n) is 14.1. The van der Waals surface area contributed by atoms with Gasteiger partial charge in [-0.2, -0.15) is 0 Å². The molecule has 25 heavy (non-hydrogen) atoms. The number of nitrogens with zero attached hydrogens (tertiary/aromatic N) is 4. The van der Waals surface area contributed by atoms with E-state index in [9.17, 15) is 5.11 Å². The molecule has 1 aromatic carbocycles. The smallest absolute Gasteiger partial charge is 0.231 e. The molecule has 0 bridgehead atoms. The maximum Gasteiger partial charge on any atom is 0.231 e. The molecule has 2 aromatic rings. The summed E-state index contributed by atoms with van der Waals surface area (Å²) < 4.78 is 12.7. The van der Waals surface area contributed by atoms with E-state index in [1.807, 2.05) is 23.7 Å². The molecule has 1 saturated heterocycles. The van der Waals surface area contributed by atoms with Crippen LogP contribution < -0.4 is 9.47 Å². The second kappa shape index (κ2) is 6.82. The number of benzene rings is 1. The lowest BCUT2D eigenvalue weighted by Gasteiger charge is -2.31. The Bertz CT molecular complexity index is 771. The van der Waals surface area contributed by atoms with Gasteiger partial charge >= 0.3 is 0 Å². The molecule has 0 spiro atoms. The number of aliphatic hydroxyl groups is 1. The topological polar surface area (TPSA) is 72.6 Å². The van der Waals surface area contributed by atoms with Crippen molar-refractivity contribution < 1.29 is 14.6 Å². The van der Waals surface area contributed by atoms with E-state index in [-0.39, 0.29) is 13.4 Å². The van der Waals surface area contributed by atoms with Crippen LogP contribution in [0.1, 0.15) is 36.0 Å². The number of ether oxygens (including phenoxy) is 2. The molecule has 8 heteroatoms. The van der Waals surface area contributed by atoms with Crippen LogP contribution in [0.5, 0.6) is 11.5 Å². The number of hydrogen-bond acceptors (Lipinski definition) is 6. The molecule has 1 aromatic heterocycles. The SMILES string of the molecule is Cn1c(CO)nnc1C1CCN(Cc2cc3c(cc2Cl)OCO3)CC1. The lowest BCUT2D eigenvalue weighted by atomic mass is 9.95. The van der Waals surface area contributed by atoms with Crippen molar-refractivity contribution in [3.05, 3.63) is 34.4 Å². The molecule has 7 nitrogen and oxygen atoms in total. The molecule has 0 amide bonds. The first kappa shape index (κ1) is 16.6. The highest BCUT2D eigenvalue weighted by Crippen LogP contribution is 2.37. The molecule has 4 rings (SSSR count). The molecule has 1 fully saturated rings. The van der Waals surface area contributed by atoms with Crippen molar-refractivity contribution in [2.45, 2.75) is 31.9 Å². The van der Waals surface area contributed by atoms with E-state index in [1.165, 1.54) is 0 Å². The van der Waals surface area contributed by atoms with Crippen LogP contribution in [0.3, 0.4) is 0 Å². The van der Waals surface area contributed by atoms with Gasteiger partial charge in [-0.25, -0.2) is 0 Å². The van der Waals surface area contributed by atoms with Gasteiger partial charge in [0.15, 0.2) is 17.3 Å². The molecule has 134 valence electrons. The largest absolute Gasteiger partial charge is 0.454 e. The predicted octanol–water partition coefficient (Wildman–Crippen LogP) is 2.07. The number of aliphatic hydroxyl groups excluding tert-OH is 1. The zero-order chi connectivity index (χ0) is 17.4. The second-order valence-corrected chi connectivity index (χ2v) is 6.95.